The first-order chi connectivity index (χ1) is 14.4. The standard InChI is InChI=1S/C21H28ClN3O5S/c1-21(2,27)14-24-11-10-19(23-24)25(20(26)9-7-16-5-4-12-30-16)15-6-8-18(17(22)13-15)31(3,28)29/h6,8,10-11,13,16,27H,4-5,7,9,12,14H2,1-3H3/t16-/m1/s1. The molecule has 1 aromatic heterocycles. The molecule has 1 atom stereocenters. The number of hydrogen-bond acceptors (Lipinski definition) is 6. The molecule has 1 saturated heterocycles. The number of rotatable bonds is 8. The Labute approximate surface area is 187 Å². The first-order valence-electron chi connectivity index (χ1n) is 10.1. The zero-order valence-corrected chi connectivity index (χ0v) is 19.5. The number of aromatic nitrogens is 2. The Bertz CT molecular complexity index is 1040. The number of halogens is 1. The molecule has 10 heteroatoms. The summed E-state index contributed by atoms with van der Waals surface area (Å²) in [7, 11) is -3.50. The van der Waals surface area contributed by atoms with E-state index in [0.29, 0.717) is 24.5 Å². The lowest BCUT2D eigenvalue weighted by Crippen LogP contribution is -2.29. The molecule has 0 bridgehead atoms. The quantitative estimate of drug-likeness (QED) is 0.636. The monoisotopic (exact) mass is 469 g/mol. The van der Waals surface area contributed by atoms with Crippen LogP contribution in [0.2, 0.25) is 5.02 Å². The van der Waals surface area contributed by atoms with Crippen LogP contribution in [0.5, 0.6) is 0 Å². The van der Waals surface area contributed by atoms with E-state index in [-0.39, 0.29) is 34.9 Å². The van der Waals surface area contributed by atoms with Gasteiger partial charge in [-0.25, -0.2) is 8.42 Å². The summed E-state index contributed by atoms with van der Waals surface area (Å²) in [5.74, 6) is 0.164. The maximum atomic E-state index is 13.2. The van der Waals surface area contributed by atoms with Crippen molar-refractivity contribution in [1.82, 2.24) is 9.78 Å². The molecule has 0 radical (unpaired) electrons. The maximum Gasteiger partial charge on any atom is 0.232 e. The fourth-order valence-electron chi connectivity index (χ4n) is 3.56. The Morgan fingerprint density at radius 2 is 2.13 bits per heavy atom. The van der Waals surface area contributed by atoms with Crippen LogP contribution in [0.15, 0.2) is 35.4 Å². The van der Waals surface area contributed by atoms with Gasteiger partial charge in [-0.3, -0.25) is 14.4 Å². The van der Waals surface area contributed by atoms with Gasteiger partial charge < -0.3 is 9.84 Å². The van der Waals surface area contributed by atoms with Crippen molar-refractivity contribution in [1.29, 1.82) is 0 Å². The van der Waals surface area contributed by atoms with Gasteiger partial charge in [0.2, 0.25) is 5.91 Å². The number of nitrogens with zero attached hydrogens (tertiary/aromatic N) is 3. The van der Waals surface area contributed by atoms with Crippen LogP contribution < -0.4 is 4.90 Å². The normalized spacial score (nSPS) is 17.1. The summed E-state index contributed by atoms with van der Waals surface area (Å²) in [5.41, 5.74) is -0.554. The lowest BCUT2D eigenvalue weighted by atomic mass is 10.1. The van der Waals surface area contributed by atoms with Crippen LogP contribution in [0.25, 0.3) is 0 Å². The number of hydrogen-bond donors (Lipinski definition) is 1. The maximum absolute atomic E-state index is 13.2. The molecule has 2 heterocycles. The summed E-state index contributed by atoms with van der Waals surface area (Å²) in [6.45, 7) is 4.30. The highest BCUT2D eigenvalue weighted by Crippen LogP contribution is 2.32. The van der Waals surface area contributed by atoms with Gasteiger partial charge in [0.15, 0.2) is 15.7 Å². The van der Waals surface area contributed by atoms with E-state index in [1.165, 1.54) is 17.0 Å². The van der Waals surface area contributed by atoms with Crippen molar-refractivity contribution in [3.63, 3.8) is 0 Å². The van der Waals surface area contributed by atoms with E-state index in [1.807, 2.05) is 0 Å². The van der Waals surface area contributed by atoms with Crippen LogP contribution in [0, 0.1) is 0 Å². The topological polar surface area (TPSA) is 102 Å². The van der Waals surface area contributed by atoms with Crippen molar-refractivity contribution in [3.8, 4) is 0 Å². The fraction of sp³-hybridized carbons (Fsp3) is 0.524. The van der Waals surface area contributed by atoms with Gasteiger partial charge in [0.1, 0.15) is 0 Å². The van der Waals surface area contributed by atoms with Gasteiger partial charge in [-0.05, 0) is 51.3 Å². The van der Waals surface area contributed by atoms with E-state index in [2.05, 4.69) is 5.10 Å². The number of carbonyl (C=O) groups excluding carboxylic acids is 1. The first kappa shape index (κ1) is 23.7. The van der Waals surface area contributed by atoms with Crippen molar-refractivity contribution in [2.75, 3.05) is 17.8 Å². The molecule has 0 aliphatic carbocycles. The smallest absolute Gasteiger partial charge is 0.232 e. The summed E-state index contributed by atoms with van der Waals surface area (Å²) in [4.78, 5) is 14.6. The van der Waals surface area contributed by atoms with E-state index in [4.69, 9.17) is 16.3 Å². The van der Waals surface area contributed by atoms with Crippen molar-refractivity contribution in [2.45, 2.75) is 62.7 Å². The van der Waals surface area contributed by atoms with E-state index >= 15 is 0 Å². The molecule has 0 saturated carbocycles. The van der Waals surface area contributed by atoms with Crippen molar-refractivity contribution in [3.05, 3.63) is 35.5 Å². The molecule has 1 amide bonds. The van der Waals surface area contributed by atoms with Gasteiger partial charge >= 0.3 is 0 Å². The van der Waals surface area contributed by atoms with Crippen molar-refractivity contribution in [2.24, 2.45) is 0 Å². The highest BCUT2D eigenvalue weighted by atomic mass is 35.5. The second-order valence-electron chi connectivity index (χ2n) is 8.47. The molecule has 170 valence electrons. The number of sulfone groups is 1. The SMILES string of the molecule is CC(C)(O)Cn1ccc(N(C(=O)CC[C@H]2CCCO2)c2ccc(S(C)(=O)=O)c(Cl)c2)n1. The van der Waals surface area contributed by atoms with Crippen LogP contribution in [0.4, 0.5) is 11.5 Å². The fourth-order valence-corrected chi connectivity index (χ4v) is 4.88. The van der Waals surface area contributed by atoms with Gasteiger partial charge in [-0.2, -0.15) is 5.10 Å². The van der Waals surface area contributed by atoms with E-state index in [9.17, 15) is 18.3 Å². The average molecular weight is 470 g/mol. The van der Waals surface area contributed by atoms with Crippen LogP contribution in [-0.2, 0) is 25.9 Å². The lowest BCUT2D eigenvalue weighted by molar-refractivity contribution is -0.118. The highest BCUT2D eigenvalue weighted by Gasteiger charge is 2.25. The van der Waals surface area contributed by atoms with E-state index in [0.717, 1.165) is 19.1 Å². The largest absolute Gasteiger partial charge is 0.389 e. The Morgan fingerprint density at radius 3 is 2.71 bits per heavy atom. The number of ether oxygens (including phenoxy) is 1. The Kier molecular flexibility index (Phi) is 7.10. The molecular formula is C21H28ClN3O5S. The van der Waals surface area contributed by atoms with Gasteiger partial charge in [-0.1, -0.05) is 11.6 Å². The van der Waals surface area contributed by atoms with Gasteiger partial charge in [0.25, 0.3) is 0 Å². The molecular weight excluding hydrogens is 442 g/mol. The number of anilines is 2. The molecule has 31 heavy (non-hydrogen) atoms. The first-order valence-corrected chi connectivity index (χ1v) is 12.4. The predicted molar refractivity (Wildman–Crippen MR) is 118 cm³/mol. The molecule has 1 fully saturated rings. The number of carbonyl (C=O) groups is 1. The van der Waals surface area contributed by atoms with Crippen LogP contribution in [0.1, 0.15) is 39.5 Å². The second kappa shape index (κ2) is 9.28. The highest BCUT2D eigenvalue weighted by molar-refractivity contribution is 7.90. The number of benzene rings is 1. The minimum absolute atomic E-state index is 0.00256. The summed E-state index contributed by atoms with van der Waals surface area (Å²) in [6, 6.07) is 6.06. The predicted octanol–water partition coefficient (Wildman–Crippen LogP) is 3.33. The molecule has 0 spiro atoms. The van der Waals surface area contributed by atoms with Crippen LogP contribution in [0.3, 0.4) is 0 Å². The molecule has 3 rings (SSSR count). The van der Waals surface area contributed by atoms with E-state index < -0.39 is 15.4 Å². The van der Waals surface area contributed by atoms with Gasteiger partial charge in [0, 0.05) is 31.5 Å². The summed E-state index contributed by atoms with van der Waals surface area (Å²) < 4.78 is 31.0. The summed E-state index contributed by atoms with van der Waals surface area (Å²) >= 11 is 6.23. The lowest BCUT2D eigenvalue weighted by Gasteiger charge is -2.22. The van der Waals surface area contributed by atoms with Crippen molar-refractivity contribution >= 4 is 38.9 Å². The molecule has 1 aliphatic rings. The van der Waals surface area contributed by atoms with Crippen molar-refractivity contribution < 1.29 is 23.1 Å². The van der Waals surface area contributed by atoms with Gasteiger partial charge in [-0.15, -0.1) is 0 Å². The van der Waals surface area contributed by atoms with Crippen LogP contribution in [-0.4, -0.2) is 53.8 Å². The minimum Gasteiger partial charge on any atom is -0.389 e. The summed E-state index contributed by atoms with van der Waals surface area (Å²) in [5, 5.41) is 14.5. The Balaban J connectivity index is 1.92. The molecule has 1 N–H and O–H groups in total. The third-order valence-corrected chi connectivity index (χ3v) is 6.51. The van der Waals surface area contributed by atoms with Crippen LogP contribution >= 0.6 is 11.6 Å². The molecule has 0 unspecified atom stereocenters. The number of aliphatic hydroxyl groups is 1. The Hall–Kier alpha value is -1.94. The molecule has 2 aromatic rings. The Morgan fingerprint density at radius 1 is 1.39 bits per heavy atom. The second-order valence-corrected chi connectivity index (χ2v) is 10.9. The average Bonchev–Trinajstić information content (AvgIpc) is 3.30. The molecule has 1 aliphatic heterocycles. The van der Waals surface area contributed by atoms with E-state index in [1.54, 1.807) is 36.9 Å². The minimum atomic E-state index is -3.50. The zero-order valence-electron chi connectivity index (χ0n) is 17.9. The third kappa shape index (κ3) is 6.29. The summed E-state index contributed by atoms with van der Waals surface area (Å²) in [6.07, 6.45) is 5.59. The number of amides is 1. The molecule has 1 aromatic carbocycles. The zero-order chi connectivity index (χ0) is 22.8. The third-order valence-electron chi connectivity index (χ3n) is 4.93. The molecule has 8 nitrogen and oxygen atoms in total. The van der Waals surface area contributed by atoms with Gasteiger partial charge in [0.05, 0.1) is 33.9 Å².